The van der Waals surface area contributed by atoms with Gasteiger partial charge < -0.3 is 10.6 Å². The first-order chi connectivity index (χ1) is 9.84. The lowest BCUT2D eigenvalue weighted by Gasteiger charge is -2.26. The molecule has 2 N–H and O–H groups in total. The summed E-state index contributed by atoms with van der Waals surface area (Å²) in [6, 6.07) is 3.00. The minimum Gasteiger partial charge on any atom is -0.325 e. The fourth-order valence-electron chi connectivity index (χ4n) is 2.10. The van der Waals surface area contributed by atoms with E-state index in [1.165, 1.54) is 6.07 Å². The molecule has 1 amide bonds. The minimum atomic E-state index is -4.50. The Morgan fingerprint density at radius 2 is 1.95 bits per heavy atom. The van der Waals surface area contributed by atoms with Gasteiger partial charge in [-0.2, -0.15) is 13.2 Å². The number of amides is 1. The molecule has 1 aliphatic rings. The van der Waals surface area contributed by atoms with Crippen molar-refractivity contribution in [2.75, 3.05) is 38.0 Å². The van der Waals surface area contributed by atoms with Crippen molar-refractivity contribution in [3.8, 4) is 0 Å². The van der Waals surface area contributed by atoms with Crippen molar-refractivity contribution < 1.29 is 18.0 Å². The highest BCUT2D eigenvalue weighted by Gasteiger charge is 2.31. The summed E-state index contributed by atoms with van der Waals surface area (Å²) in [5.74, 6) is -0.354. The maximum atomic E-state index is 12.7. The van der Waals surface area contributed by atoms with Crippen molar-refractivity contribution in [3.05, 3.63) is 28.8 Å². The van der Waals surface area contributed by atoms with E-state index >= 15 is 0 Å². The number of rotatable bonds is 3. The van der Waals surface area contributed by atoms with E-state index in [1.807, 2.05) is 4.90 Å². The Kier molecular flexibility index (Phi) is 5.08. The van der Waals surface area contributed by atoms with Crippen molar-refractivity contribution in [1.82, 2.24) is 10.2 Å². The number of hydrogen-bond donors (Lipinski definition) is 2. The van der Waals surface area contributed by atoms with E-state index in [9.17, 15) is 18.0 Å². The molecule has 0 radical (unpaired) electrons. The van der Waals surface area contributed by atoms with Gasteiger partial charge in [-0.1, -0.05) is 11.6 Å². The van der Waals surface area contributed by atoms with Crippen LogP contribution in [-0.2, 0) is 11.0 Å². The van der Waals surface area contributed by atoms with Crippen LogP contribution in [0, 0.1) is 0 Å². The number of carbonyl (C=O) groups is 1. The van der Waals surface area contributed by atoms with Gasteiger partial charge in [0.1, 0.15) is 0 Å². The van der Waals surface area contributed by atoms with E-state index in [0.717, 1.165) is 38.3 Å². The molecule has 0 unspecified atom stereocenters. The maximum absolute atomic E-state index is 12.7. The van der Waals surface area contributed by atoms with E-state index in [1.54, 1.807) is 0 Å². The fourth-order valence-corrected chi connectivity index (χ4v) is 2.33. The van der Waals surface area contributed by atoms with Crippen LogP contribution in [0.3, 0.4) is 0 Å². The van der Waals surface area contributed by atoms with Crippen molar-refractivity contribution in [1.29, 1.82) is 0 Å². The number of hydrogen-bond acceptors (Lipinski definition) is 3. The van der Waals surface area contributed by atoms with Gasteiger partial charge in [-0.3, -0.25) is 9.69 Å². The molecule has 116 valence electrons. The molecule has 4 nitrogen and oxygen atoms in total. The number of carbonyl (C=O) groups excluding carboxylic acids is 1. The van der Waals surface area contributed by atoms with E-state index in [4.69, 9.17) is 11.6 Å². The molecular formula is C13H15ClF3N3O. The molecule has 0 saturated carbocycles. The van der Waals surface area contributed by atoms with Crippen molar-refractivity contribution in [2.24, 2.45) is 0 Å². The Bertz CT molecular complexity index is 516. The predicted molar refractivity (Wildman–Crippen MR) is 74.4 cm³/mol. The van der Waals surface area contributed by atoms with Gasteiger partial charge in [0.25, 0.3) is 0 Å². The second kappa shape index (κ2) is 6.64. The first-order valence-corrected chi connectivity index (χ1v) is 6.83. The first kappa shape index (κ1) is 16.1. The predicted octanol–water partition coefficient (Wildman–Crippen LogP) is 2.20. The number of nitrogens with one attached hydrogen (secondary N) is 2. The van der Waals surface area contributed by atoms with Gasteiger partial charge in [0.05, 0.1) is 12.1 Å². The minimum absolute atomic E-state index is 0.0509. The van der Waals surface area contributed by atoms with Crippen molar-refractivity contribution in [2.45, 2.75) is 6.18 Å². The molecule has 0 spiro atoms. The summed E-state index contributed by atoms with van der Waals surface area (Å²) >= 11 is 5.66. The van der Waals surface area contributed by atoms with E-state index in [-0.39, 0.29) is 23.2 Å². The molecular weight excluding hydrogens is 307 g/mol. The number of alkyl halides is 3. The van der Waals surface area contributed by atoms with E-state index < -0.39 is 11.7 Å². The van der Waals surface area contributed by atoms with Gasteiger partial charge >= 0.3 is 6.18 Å². The third kappa shape index (κ3) is 4.87. The molecule has 2 rings (SSSR count). The third-order valence-corrected chi connectivity index (χ3v) is 3.30. The molecule has 21 heavy (non-hydrogen) atoms. The monoisotopic (exact) mass is 321 g/mol. The lowest BCUT2D eigenvalue weighted by molar-refractivity contribution is -0.137. The highest BCUT2D eigenvalue weighted by Crippen LogP contribution is 2.33. The van der Waals surface area contributed by atoms with Crippen LogP contribution in [0.25, 0.3) is 0 Å². The SMILES string of the molecule is O=C(CN1CCNCC1)Nc1cc(Cl)cc(C(F)(F)F)c1. The Morgan fingerprint density at radius 3 is 2.57 bits per heavy atom. The quantitative estimate of drug-likeness (QED) is 0.897. The largest absolute Gasteiger partial charge is 0.416 e. The van der Waals surface area contributed by atoms with E-state index in [2.05, 4.69) is 10.6 Å². The van der Waals surface area contributed by atoms with Gasteiger partial charge in [0.2, 0.25) is 5.91 Å². The number of nitrogens with zero attached hydrogens (tertiary/aromatic N) is 1. The lowest BCUT2D eigenvalue weighted by Crippen LogP contribution is -2.46. The summed E-state index contributed by atoms with van der Waals surface area (Å²) in [5.41, 5.74) is -0.831. The average molecular weight is 322 g/mol. The van der Waals surface area contributed by atoms with Gasteiger partial charge in [0, 0.05) is 36.9 Å². The van der Waals surface area contributed by atoms with Gasteiger partial charge in [-0.05, 0) is 18.2 Å². The average Bonchev–Trinajstić information content (AvgIpc) is 2.37. The van der Waals surface area contributed by atoms with Crippen LogP contribution in [-0.4, -0.2) is 43.5 Å². The number of benzene rings is 1. The Hall–Kier alpha value is -1.31. The zero-order valence-electron chi connectivity index (χ0n) is 11.1. The summed E-state index contributed by atoms with van der Waals surface area (Å²) in [5, 5.41) is 5.54. The zero-order chi connectivity index (χ0) is 15.5. The Balaban J connectivity index is 2.01. The third-order valence-electron chi connectivity index (χ3n) is 3.09. The highest BCUT2D eigenvalue weighted by atomic mass is 35.5. The number of piperazine rings is 1. The summed E-state index contributed by atoms with van der Waals surface area (Å²) < 4.78 is 38.0. The molecule has 1 heterocycles. The molecule has 0 aromatic heterocycles. The van der Waals surface area contributed by atoms with E-state index in [0.29, 0.717) is 0 Å². The summed E-state index contributed by atoms with van der Waals surface area (Å²) in [7, 11) is 0. The number of halogens is 4. The standard InChI is InChI=1S/C13H15ClF3N3O/c14-10-5-9(13(15,16)17)6-11(7-10)19-12(21)8-20-3-1-18-2-4-20/h5-7,18H,1-4,8H2,(H,19,21). The van der Waals surface area contributed by atoms with Crippen molar-refractivity contribution >= 4 is 23.2 Å². The molecule has 1 aromatic carbocycles. The van der Waals surface area contributed by atoms with Gasteiger partial charge in [0.15, 0.2) is 0 Å². The molecule has 1 saturated heterocycles. The van der Waals surface area contributed by atoms with Crippen LogP contribution in [0.5, 0.6) is 0 Å². The van der Waals surface area contributed by atoms with Gasteiger partial charge in [-0.15, -0.1) is 0 Å². The second-order valence-electron chi connectivity index (χ2n) is 4.80. The molecule has 1 fully saturated rings. The molecule has 8 heteroatoms. The smallest absolute Gasteiger partial charge is 0.325 e. The summed E-state index contributed by atoms with van der Waals surface area (Å²) in [6.45, 7) is 3.20. The van der Waals surface area contributed by atoms with Gasteiger partial charge in [-0.25, -0.2) is 0 Å². The highest BCUT2D eigenvalue weighted by molar-refractivity contribution is 6.31. The number of anilines is 1. The lowest BCUT2D eigenvalue weighted by atomic mass is 10.2. The molecule has 1 aromatic rings. The molecule has 0 bridgehead atoms. The summed E-state index contributed by atoms with van der Waals surface area (Å²) in [4.78, 5) is 13.8. The molecule has 1 aliphatic heterocycles. The van der Waals surface area contributed by atoms with Crippen LogP contribution in [0.1, 0.15) is 5.56 Å². The van der Waals surface area contributed by atoms with Crippen LogP contribution in [0.2, 0.25) is 5.02 Å². The normalized spacial score (nSPS) is 16.8. The maximum Gasteiger partial charge on any atom is 0.416 e. The van der Waals surface area contributed by atoms with Crippen LogP contribution >= 0.6 is 11.6 Å². The van der Waals surface area contributed by atoms with Crippen molar-refractivity contribution in [3.63, 3.8) is 0 Å². The summed E-state index contributed by atoms with van der Waals surface area (Å²) in [6.07, 6.45) is -4.50. The molecule has 0 atom stereocenters. The molecule has 0 aliphatic carbocycles. The second-order valence-corrected chi connectivity index (χ2v) is 5.24. The van der Waals surface area contributed by atoms with Crippen LogP contribution in [0.4, 0.5) is 18.9 Å². The Labute approximate surface area is 125 Å². The first-order valence-electron chi connectivity index (χ1n) is 6.45. The zero-order valence-corrected chi connectivity index (χ0v) is 11.9. The topological polar surface area (TPSA) is 44.4 Å². The van der Waals surface area contributed by atoms with Crippen LogP contribution in [0.15, 0.2) is 18.2 Å². The Morgan fingerprint density at radius 1 is 1.29 bits per heavy atom. The van der Waals surface area contributed by atoms with Crippen LogP contribution < -0.4 is 10.6 Å². The fraction of sp³-hybridized carbons (Fsp3) is 0.462.